The number of anilines is 3. The van der Waals surface area contributed by atoms with Crippen LogP contribution in [-0.2, 0) is 27.5 Å². The second-order valence-corrected chi connectivity index (χ2v) is 9.04. The fraction of sp³-hybridized carbons (Fsp3) is 0.222. The third-order valence-corrected chi connectivity index (χ3v) is 6.28. The van der Waals surface area contributed by atoms with Crippen LogP contribution in [0.15, 0.2) is 48.7 Å². The molecule has 0 unspecified atom stereocenters. The van der Waals surface area contributed by atoms with E-state index in [1.807, 2.05) is 43.3 Å². The van der Waals surface area contributed by atoms with Crippen molar-refractivity contribution in [1.82, 2.24) is 20.3 Å². The summed E-state index contributed by atoms with van der Waals surface area (Å²) in [5.41, 5.74) is 5.68. The molecule has 3 heterocycles. The molecular formula is C27H25ClN6O4. The highest BCUT2D eigenvalue weighted by Gasteiger charge is 2.18. The van der Waals surface area contributed by atoms with Gasteiger partial charge in [0.15, 0.2) is 5.65 Å². The molecule has 1 aliphatic rings. The number of nitrogens with one attached hydrogen (secondary N) is 3. The third kappa shape index (κ3) is 5.51. The molecule has 0 spiro atoms. The van der Waals surface area contributed by atoms with Crippen molar-refractivity contribution in [3.63, 3.8) is 0 Å². The molecule has 0 bridgehead atoms. The van der Waals surface area contributed by atoms with E-state index < -0.39 is 12.0 Å². The molecule has 10 nitrogen and oxygen atoms in total. The van der Waals surface area contributed by atoms with E-state index in [4.69, 9.17) is 21.1 Å². The number of aromatic nitrogens is 3. The maximum absolute atomic E-state index is 12.7. The molecule has 0 saturated carbocycles. The molecule has 2 aromatic heterocycles. The number of carbonyl (C=O) groups excluding carboxylic acids is 2. The topological polar surface area (TPSA) is 127 Å². The van der Waals surface area contributed by atoms with E-state index in [1.54, 1.807) is 19.2 Å². The van der Waals surface area contributed by atoms with Crippen LogP contribution in [-0.4, -0.2) is 40.1 Å². The zero-order valence-electron chi connectivity index (χ0n) is 20.8. The molecule has 2 aromatic carbocycles. The Bertz CT molecular complexity index is 1520. The van der Waals surface area contributed by atoms with Crippen LogP contribution in [0.3, 0.4) is 0 Å². The highest BCUT2D eigenvalue weighted by atomic mass is 35.5. The minimum atomic E-state index is -0.622. The van der Waals surface area contributed by atoms with Crippen LogP contribution in [0.5, 0.6) is 0 Å². The quantitative estimate of drug-likeness (QED) is 0.280. The minimum Gasteiger partial charge on any atom is -0.465 e. The van der Waals surface area contributed by atoms with Crippen LogP contribution in [0.1, 0.15) is 23.6 Å². The Morgan fingerprint density at radius 1 is 1.11 bits per heavy atom. The smallest absolute Gasteiger partial charge is 0.325 e. The first-order valence-corrected chi connectivity index (χ1v) is 12.4. The van der Waals surface area contributed by atoms with Crippen LogP contribution in [0, 0.1) is 6.92 Å². The molecule has 2 amide bonds. The van der Waals surface area contributed by atoms with Crippen LogP contribution in [0.25, 0.3) is 22.2 Å². The summed E-state index contributed by atoms with van der Waals surface area (Å²) in [6.45, 7) is 4.74. The standard InChI is InChI=1S/C27H25ClN6O4/c1-3-38-22(35)12-30-27(36)34-25-20(23-15(2)5-4-6-21(23)28)10-17-11-29-26(33-24(17)32-25)31-19-8-7-16-13-37-14-18(16)9-19/h4-11H,3,12-14H2,1-2H3,(H3,29,30,31,32,33,34,36). The van der Waals surface area contributed by atoms with Gasteiger partial charge in [-0.15, -0.1) is 0 Å². The first-order chi connectivity index (χ1) is 18.4. The van der Waals surface area contributed by atoms with Gasteiger partial charge >= 0.3 is 12.0 Å². The lowest BCUT2D eigenvalue weighted by Gasteiger charge is -2.15. The number of amides is 2. The van der Waals surface area contributed by atoms with Gasteiger partial charge in [-0.25, -0.2) is 14.8 Å². The van der Waals surface area contributed by atoms with E-state index in [9.17, 15) is 9.59 Å². The van der Waals surface area contributed by atoms with Gasteiger partial charge in [-0.1, -0.05) is 29.8 Å². The van der Waals surface area contributed by atoms with Crippen molar-refractivity contribution in [2.45, 2.75) is 27.1 Å². The largest absolute Gasteiger partial charge is 0.465 e. The fourth-order valence-electron chi connectivity index (χ4n) is 4.18. The molecule has 3 N–H and O–H groups in total. The van der Waals surface area contributed by atoms with Gasteiger partial charge in [-0.2, -0.15) is 4.98 Å². The monoisotopic (exact) mass is 532 g/mol. The molecule has 38 heavy (non-hydrogen) atoms. The molecular weight excluding hydrogens is 508 g/mol. The highest BCUT2D eigenvalue weighted by Crippen LogP contribution is 2.37. The van der Waals surface area contributed by atoms with Crippen molar-refractivity contribution in [3.8, 4) is 11.1 Å². The van der Waals surface area contributed by atoms with E-state index in [1.165, 1.54) is 0 Å². The summed E-state index contributed by atoms with van der Waals surface area (Å²) in [7, 11) is 0. The third-order valence-electron chi connectivity index (χ3n) is 5.97. The van der Waals surface area contributed by atoms with Gasteiger partial charge in [0.05, 0.1) is 19.8 Å². The van der Waals surface area contributed by atoms with Gasteiger partial charge in [0.1, 0.15) is 12.4 Å². The second-order valence-electron chi connectivity index (χ2n) is 8.64. The zero-order valence-corrected chi connectivity index (χ0v) is 21.6. The number of fused-ring (bicyclic) bond motifs is 2. The number of hydrogen-bond donors (Lipinski definition) is 3. The number of ether oxygens (including phenoxy) is 2. The van der Waals surface area contributed by atoms with Crippen molar-refractivity contribution in [3.05, 3.63) is 70.4 Å². The molecule has 0 fully saturated rings. The fourth-order valence-corrected chi connectivity index (χ4v) is 4.50. The summed E-state index contributed by atoms with van der Waals surface area (Å²) >= 11 is 6.55. The van der Waals surface area contributed by atoms with Crippen LogP contribution >= 0.6 is 11.6 Å². The van der Waals surface area contributed by atoms with Crippen LogP contribution in [0.2, 0.25) is 5.02 Å². The number of nitrogens with zero attached hydrogens (tertiary/aromatic N) is 3. The van der Waals surface area contributed by atoms with E-state index in [0.29, 0.717) is 46.3 Å². The summed E-state index contributed by atoms with van der Waals surface area (Å²) < 4.78 is 10.4. The Morgan fingerprint density at radius 3 is 2.76 bits per heavy atom. The predicted octanol–water partition coefficient (Wildman–Crippen LogP) is 5.11. The predicted molar refractivity (Wildman–Crippen MR) is 144 cm³/mol. The van der Waals surface area contributed by atoms with Gasteiger partial charge in [0.2, 0.25) is 5.95 Å². The number of halogens is 1. The van der Waals surface area contributed by atoms with Crippen LogP contribution < -0.4 is 16.0 Å². The number of hydrogen-bond acceptors (Lipinski definition) is 8. The molecule has 0 radical (unpaired) electrons. The van der Waals surface area contributed by atoms with E-state index >= 15 is 0 Å². The summed E-state index contributed by atoms with van der Waals surface area (Å²) in [6.07, 6.45) is 1.66. The van der Waals surface area contributed by atoms with Crippen molar-refractivity contribution >= 4 is 52.1 Å². The Kier molecular flexibility index (Phi) is 7.34. The van der Waals surface area contributed by atoms with Gasteiger partial charge < -0.3 is 20.1 Å². The van der Waals surface area contributed by atoms with Crippen molar-refractivity contribution < 1.29 is 19.1 Å². The Morgan fingerprint density at radius 2 is 1.95 bits per heavy atom. The van der Waals surface area contributed by atoms with E-state index in [2.05, 4.69) is 30.9 Å². The van der Waals surface area contributed by atoms with Crippen molar-refractivity contribution in [1.29, 1.82) is 0 Å². The number of benzene rings is 2. The number of esters is 1. The summed E-state index contributed by atoms with van der Waals surface area (Å²) in [4.78, 5) is 38.0. The van der Waals surface area contributed by atoms with Gasteiger partial charge in [-0.3, -0.25) is 10.1 Å². The number of pyridine rings is 1. The average Bonchev–Trinajstić information content (AvgIpc) is 3.36. The molecule has 0 atom stereocenters. The van der Waals surface area contributed by atoms with Gasteiger partial charge in [-0.05, 0) is 54.8 Å². The first-order valence-electron chi connectivity index (χ1n) is 12.0. The molecule has 1 aliphatic heterocycles. The molecule has 0 aliphatic carbocycles. The number of aryl methyl sites for hydroxylation is 1. The van der Waals surface area contributed by atoms with Crippen molar-refractivity contribution in [2.75, 3.05) is 23.8 Å². The Balaban J connectivity index is 1.49. The lowest BCUT2D eigenvalue weighted by Crippen LogP contribution is -2.34. The SMILES string of the molecule is CCOC(=O)CNC(=O)Nc1nc2nc(Nc3ccc4c(c3)COC4)ncc2cc1-c1c(C)cccc1Cl. The van der Waals surface area contributed by atoms with Crippen LogP contribution in [0.4, 0.5) is 22.2 Å². The maximum atomic E-state index is 12.7. The number of rotatable bonds is 7. The Hall–Kier alpha value is -4.28. The van der Waals surface area contributed by atoms with E-state index in [-0.39, 0.29) is 19.0 Å². The van der Waals surface area contributed by atoms with Gasteiger partial charge in [0.25, 0.3) is 0 Å². The van der Waals surface area contributed by atoms with Crippen molar-refractivity contribution in [2.24, 2.45) is 0 Å². The summed E-state index contributed by atoms with van der Waals surface area (Å²) in [6, 6.07) is 12.7. The highest BCUT2D eigenvalue weighted by molar-refractivity contribution is 6.33. The van der Waals surface area contributed by atoms with E-state index in [0.717, 1.165) is 22.4 Å². The maximum Gasteiger partial charge on any atom is 0.325 e. The number of urea groups is 1. The molecule has 11 heteroatoms. The molecule has 194 valence electrons. The average molecular weight is 533 g/mol. The molecule has 4 aromatic rings. The molecule has 5 rings (SSSR count). The van der Waals surface area contributed by atoms with Gasteiger partial charge in [0, 0.05) is 33.4 Å². The second kappa shape index (κ2) is 11.0. The lowest BCUT2D eigenvalue weighted by atomic mass is 10.00. The zero-order chi connectivity index (χ0) is 26.6. The minimum absolute atomic E-state index is 0.222. The Labute approximate surface area is 223 Å². The lowest BCUT2D eigenvalue weighted by molar-refractivity contribution is -0.141. The normalized spacial score (nSPS) is 12.2. The molecule has 0 saturated heterocycles. The summed E-state index contributed by atoms with van der Waals surface area (Å²) in [5, 5.41) is 9.57. The first kappa shape index (κ1) is 25.4. The summed E-state index contributed by atoms with van der Waals surface area (Å²) in [5.74, 6) is 0.0375. The number of carbonyl (C=O) groups is 2.